The second-order valence-electron chi connectivity index (χ2n) is 6.09. The molecule has 0 amide bonds. The van der Waals surface area contributed by atoms with Crippen LogP contribution in [0.2, 0.25) is 0 Å². The summed E-state index contributed by atoms with van der Waals surface area (Å²) in [6.07, 6.45) is 12.3. The molecule has 0 unspecified atom stereocenters. The van der Waals surface area contributed by atoms with Gasteiger partial charge in [-0.3, -0.25) is 0 Å². The Kier molecular flexibility index (Phi) is 24.8. The van der Waals surface area contributed by atoms with Gasteiger partial charge >= 0.3 is 74.6 Å². The summed E-state index contributed by atoms with van der Waals surface area (Å²) < 4.78 is 1.53. The molecule has 0 aromatic rings. The molecule has 0 saturated heterocycles. The van der Waals surface area contributed by atoms with Gasteiger partial charge in [-0.15, -0.1) is 39.6 Å². The van der Waals surface area contributed by atoms with Crippen molar-refractivity contribution in [1.29, 1.82) is 0 Å². The molecule has 25 heavy (non-hydrogen) atoms. The summed E-state index contributed by atoms with van der Waals surface area (Å²) in [5.74, 6) is 0. The van der Waals surface area contributed by atoms with Crippen molar-refractivity contribution in [3.63, 3.8) is 0 Å². The molecule has 0 atom stereocenters. The average Bonchev–Trinajstić information content (AvgIpc) is 2.98. The molecule has 1 rings (SSSR count). The summed E-state index contributed by atoms with van der Waals surface area (Å²) in [5.41, 5.74) is 1.87. The molecule has 4 heteroatoms. The van der Waals surface area contributed by atoms with Gasteiger partial charge in [-0.05, 0) is 0 Å². The summed E-state index contributed by atoms with van der Waals surface area (Å²) in [6, 6.07) is 0. The van der Waals surface area contributed by atoms with Crippen LogP contribution in [0.5, 0.6) is 0 Å². The first kappa shape index (κ1) is 29.1. The number of rotatable bonds is 6. The van der Waals surface area contributed by atoms with E-state index in [-0.39, 0.29) is 19.8 Å². The molecule has 0 fully saturated rings. The van der Waals surface area contributed by atoms with E-state index < -0.39 is 0 Å². The Bertz CT molecular complexity index is 367. The summed E-state index contributed by atoms with van der Waals surface area (Å²) in [6.45, 7) is 16.8. The van der Waals surface area contributed by atoms with Crippen LogP contribution < -0.4 is 15.3 Å². The van der Waals surface area contributed by atoms with E-state index in [4.69, 9.17) is 0 Å². The first-order chi connectivity index (χ1) is 11.8. The van der Waals surface area contributed by atoms with Crippen molar-refractivity contribution in [3.8, 4) is 0 Å². The van der Waals surface area contributed by atoms with Gasteiger partial charge in [0.05, 0.1) is 0 Å². The van der Waals surface area contributed by atoms with Crippen molar-refractivity contribution < 1.29 is 35.8 Å². The standard InChI is InChI=1S/C9H13.3C4H7O.Ti/c1-9(2,3)8-6-4-5-7-8;3*1-2-3-4-5;/h4,6H,5H2,1-3H3;3*2H,1,3-4H2;/q;3*-1;+3. The molecule has 1 aliphatic carbocycles. The zero-order valence-electron chi connectivity index (χ0n) is 16.2. The Hall–Kier alpha value is -0.706. The zero-order chi connectivity index (χ0) is 20.1. The monoisotopic (exact) mass is 382 g/mol. The first-order valence-electron chi connectivity index (χ1n) is 8.45. The van der Waals surface area contributed by atoms with Crippen molar-refractivity contribution in [1.82, 2.24) is 0 Å². The fourth-order valence-electron chi connectivity index (χ4n) is 1.46. The molecular formula is C21H34O3Ti. The van der Waals surface area contributed by atoms with Gasteiger partial charge in [-0.25, -0.2) is 0 Å². The third-order valence-electron chi connectivity index (χ3n) is 2.71. The number of allylic oxidation sites excluding steroid dienone is 4. The van der Waals surface area contributed by atoms with E-state index in [1.807, 2.05) is 0 Å². The Morgan fingerprint density at radius 2 is 1.28 bits per heavy atom. The second-order valence-corrected chi connectivity index (χ2v) is 7.04. The molecule has 0 aromatic heterocycles. The summed E-state index contributed by atoms with van der Waals surface area (Å²) in [5, 5.41) is 28.4. The van der Waals surface area contributed by atoms with Gasteiger partial charge in [0, 0.05) is 0 Å². The van der Waals surface area contributed by atoms with Gasteiger partial charge in [0.1, 0.15) is 0 Å². The van der Waals surface area contributed by atoms with Gasteiger partial charge in [0.25, 0.3) is 0 Å². The fraction of sp³-hybridized carbons (Fsp3) is 0.524. The molecule has 0 spiro atoms. The molecular weight excluding hydrogens is 348 g/mol. The normalized spacial score (nSPS) is 12.0. The Morgan fingerprint density at radius 1 is 0.920 bits per heavy atom. The average molecular weight is 382 g/mol. The summed E-state index contributed by atoms with van der Waals surface area (Å²) in [7, 11) is 0. The van der Waals surface area contributed by atoms with E-state index in [9.17, 15) is 15.3 Å². The van der Waals surface area contributed by atoms with Crippen molar-refractivity contribution in [3.05, 3.63) is 59.6 Å². The molecule has 0 aliphatic heterocycles. The number of hydrogen-bond donors (Lipinski definition) is 0. The quantitative estimate of drug-likeness (QED) is 0.524. The molecule has 0 aromatic carbocycles. The molecule has 1 aliphatic rings. The Morgan fingerprint density at radius 3 is 1.36 bits per heavy atom. The van der Waals surface area contributed by atoms with Gasteiger partial charge in [0.15, 0.2) is 0 Å². The molecule has 0 N–H and O–H groups in total. The first-order valence-corrected chi connectivity index (χ1v) is 9.23. The zero-order valence-corrected chi connectivity index (χ0v) is 17.7. The SMILES string of the molecule is C=CCC[O-].C=CCC[O-].C=CCC[O-].CC(C)(C)C1=[C]([Ti+3])CC=C1. The maximum atomic E-state index is 9.46. The van der Waals surface area contributed by atoms with E-state index >= 15 is 0 Å². The minimum atomic E-state index is -0.0243. The van der Waals surface area contributed by atoms with Crippen LogP contribution in [-0.2, 0) is 20.4 Å². The van der Waals surface area contributed by atoms with E-state index in [0.29, 0.717) is 24.7 Å². The molecule has 0 heterocycles. The maximum absolute atomic E-state index is 9.46. The molecule has 140 valence electrons. The van der Waals surface area contributed by atoms with Crippen LogP contribution in [0.25, 0.3) is 0 Å². The van der Waals surface area contributed by atoms with Crippen LogP contribution in [0.15, 0.2) is 59.6 Å². The summed E-state index contributed by atoms with van der Waals surface area (Å²) >= 11 is 2.22. The van der Waals surface area contributed by atoms with Crippen LogP contribution in [0.3, 0.4) is 0 Å². The van der Waals surface area contributed by atoms with E-state index in [1.165, 1.54) is 9.45 Å². The van der Waals surface area contributed by atoms with Gasteiger partial charge in [-0.2, -0.15) is 0 Å². The predicted octanol–water partition coefficient (Wildman–Crippen LogP) is 2.56. The van der Waals surface area contributed by atoms with Crippen LogP contribution in [0.1, 0.15) is 46.5 Å². The molecule has 0 bridgehead atoms. The predicted molar refractivity (Wildman–Crippen MR) is 99.3 cm³/mol. The van der Waals surface area contributed by atoms with Crippen LogP contribution >= 0.6 is 0 Å². The molecule has 0 saturated carbocycles. The van der Waals surface area contributed by atoms with E-state index in [1.54, 1.807) is 18.2 Å². The van der Waals surface area contributed by atoms with Crippen molar-refractivity contribution in [2.24, 2.45) is 5.41 Å². The van der Waals surface area contributed by atoms with Gasteiger partial charge in [-0.1, -0.05) is 37.5 Å². The van der Waals surface area contributed by atoms with Crippen molar-refractivity contribution >= 4 is 0 Å². The van der Waals surface area contributed by atoms with Crippen molar-refractivity contribution in [2.75, 3.05) is 19.8 Å². The molecule has 3 nitrogen and oxygen atoms in total. The van der Waals surface area contributed by atoms with E-state index in [0.717, 1.165) is 6.42 Å². The van der Waals surface area contributed by atoms with Gasteiger partial charge < -0.3 is 15.3 Å². The number of hydrogen-bond acceptors (Lipinski definition) is 3. The Labute approximate surface area is 167 Å². The Balaban J connectivity index is -0.000000279. The van der Waals surface area contributed by atoms with Crippen LogP contribution in [0.4, 0.5) is 0 Å². The topological polar surface area (TPSA) is 69.2 Å². The van der Waals surface area contributed by atoms with E-state index in [2.05, 4.69) is 73.1 Å². The van der Waals surface area contributed by atoms with Crippen molar-refractivity contribution in [2.45, 2.75) is 46.5 Å². The summed E-state index contributed by atoms with van der Waals surface area (Å²) in [4.78, 5) is 0. The van der Waals surface area contributed by atoms with Crippen LogP contribution in [-0.4, -0.2) is 19.8 Å². The minimum absolute atomic E-state index is 0.0243. The third kappa shape index (κ3) is 23.3. The second kappa shape index (κ2) is 21.3. The van der Waals surface area contributed by atoms with Gasteiger partial charge in [0.2, 0.25) is 0 Å². The van der Waals surface area contributed by atoms with Crippen LogP contribution in [0, 0.1) is 5.41 Å². The third-order valence-corrected chi connectivity index (χ3v) is 3.44. The fourth-order valence-corrected chi connectivity index (χ4v) is 2.36. The molecule has 0 radical (unpaired) electrons.